The number of rotatable bonds is 2. The summed E-state index contributed by atoms with van der Waals surface area (Å²) in [5.41, 5.74) is 1.43. The first-order valence-electron chi connectivity index (χ1n) is 7.03. The van der Waals surface area contributed by atoms with E-state index in [9.17, 15) is 4.79 Å². The summed E-state index contributed by atoms with van der Waals surface area (Å²) in [6.45, 7) is 9.12. The van der Waals surface area contributed by atoms with Crippen LogP contribution in [0.15, 0.2) is 30.3 Å². The van der Waals surface area contributed by atoms with E-state index in [4.69, 9.17) is 0 Å². The van der Waals surface area contributed by atoms with Gasteiger partial charge in [-0.2, -0.15) is 0 Å². The summed E-state index contributed by atoms with van der Waals surface area (Å²) in [5.74, 6) is 0.606. The van der Waals surface area contributed by atoms with Crippen molar-refractivity contribution < 1.29 is 4.79 Å². The van der Waals surface area contributed by atoms with Crippen LogP contribution in [0.3, 0.4) is 0 Å². The third-order valence-electron chi connectivity index (χ3n) is 3.99. The molecule has 0 aromatic heterocycles. The molecule has 1 fully saturated rings. The van der Waals surface area contributed by atoms with Gasteiger partial charge in [-0.05, 0) is 23.3 Å². The van der Waals surface area contributed by atoms with Gasteiger partial charge in [0.15, 0.2) is 0 Å². The van der Waals surface area contributed by atoms with E-state index < -0.39 is 0 Å². The summed E-state index contributed by atoms with van der Waals surface area (Å²) >= 11 is 0. The molecule has 2 amide bonds. The maximum Gasteiger partial charge on any atom is 0.317 e. The van der Waals surface area contributed by atoms with E-state index in [1.807, 2.05) is 35.2 Å². The molecule has 1 aliphatic heterocycles. The molecule has 0 bridgehead atoms. The van der Waals surface area contributed by atoms with Crippen molar-refractivity contribution in [3.8, 4) is 0 Å². The van der Waals surface area contributed by atoms with Crippen molar-refractivity contribution in [3.05, 3.63) is 35.9 Å². The molecule has 3 nitrogen and oxygen atoms in total. The summed E-state index contributed by atoms with van der Waals surface area (Å²) in [6, 6.07) is 10.1. The highest BCUT2D eigenvalue weighted by molar-refractivity contribution is 5.74. The number of benzene rings is 1. The molecule has 19 heavy (non-hydrogen) atoms. The number of carbonyl (C=O) groups is 1. The maximum atomic E-state index is 12.1. The monoisotopic (exact) mass is 260 g/mol. The molecule has 0 spiro atoms. The number of nitrogens with zero attached hydrogens (tertiary/aromatic N) is 1. The minimum Gasteiger partial charge on any atom is -0.334 e. The van der Waals surface area contributed by atoms with E-state index in [-0.39, 0.29) is 11.4 Å². The quantitative estimate of drug-likeness (QED) is 0.869. The molecule has 0 radical (unpaired) electrons. The standard InChI is InChI=1S/C16H24N2O/c1-16(2,3)14-9-10-18(12-14)15(19)17-11-13-7-5-4-6-8-13/h4-8,14H,9-12H2,1-3H3,(H,17,19). The zero-order valence-corrected chi connectivity index (χ0v) is 12.1. The van der Waals surface area contributed by atoms with E-state index in [1.165, 1.54) is 0 Å². The van der Waals surface area contributed by atoms with E-state index >= 15 is 0 Å². The average molecular weight is 260 g/mol. The zero-order valence-electron chi connectivity index (χ0n) is 12.1. The van der Waals surface area contributed by atoms with Crippen LogP contribution in [0.2, 0.25) is 0 Å². The van der Waals surface area contributed by atoms with E-state index in [0.717, 1.165) is 25.1 Å². The van der Waals surface area contributed by atoms with Gasteiger partial charge in [0.2, 0.25) is 0 Å². The van der Waals surface area contributed by atoms with Gasteiger partial charge in [-0.15, -0.1) is 0 Å². The molecule has 0 saturated carbocycles. The van der Waals surface area contributed by atoms with Crippen molar-refractivity contribution in [1.82, 2.24) is 10.2 Å². The van der Waals surface area contributed by atoms with Gasteiger partial charge in [0, 0.05) is 19.6 Å². The van der Waals surface area contributed by atoms with Crippen LogP contribution in [0.4, 0.5) is 4.79 Å². The molecule has 0 aliphatic carbocycles. The Kier molecular flexibility index (Phi) is 4.13. The van der Waals surface area contributed by atoms with Crippen LogP contribution in [0, 0.1) is 11.3 Å². The van der Waals surface area contributed by atoms with Gasteiger partial charge in [0.05, 0.1) is 0 Å². The second-order valence-corrected chi connectivity index (χ2v) is 6.44. The second-order valence-electron chi connectivity index (χ2n) is 6.44. The van der Waals surface area contributed by atoms with Crippen molar-refractivity contribution in [2.24, 2.45) is 11.3 Å². The SMILES string of the molecule is CC(C)(C)C1CCN(C(=O)NCc2ccccc2)C1. The molecule has 1 aromatic rings. The van der Waals surface area contributed by atoms with Crippen molar-refractivity contribution >= 4 is 6.03 Å². The largest absolute Gasteiger partial charge is 0.334 e. The summed E-state index contributed by atoms with van der Waals surface area (Å²) in [4.78, 5) is 14.0. The van der Waals surface area contributed by atoms with E-state index in [1.54, 1.807) is 0 Å². The van der Waals surface area contributed by atoms with Crippen LogP contribution in [-0.2, 0) is 6.54 Å². The highest BCUT2D eigenvalue weighted by Gasteiger charge is 2.33. The van der Waals surface area contributed by atoms with Crippen molar-refractivity contribution in [2.45, 2.75) is 33.7 Å². The second kappa shape index (κ2) is 5.64. The van der Waals surface area contributed by atoms with Crippen molar-refractivity contribution in [1.29, 1.82) is 0 Å². The summed E-state index contributed by atoms with van der Waals surface area (Å²) in [5, 5.41) is 3.00. The van der Waals surface area contributed by atoms with Gasteiger partial charge in [-0.1, -0.05) is 51.1 Å². The van der Waals surface area contributed by atoms with Crippen LogP contribution in [0.1, 0.15) is 32.8 Å². The first-order chi connectivity index (χ1) is 8.97. The Morgan fingerprint density at radius 3 is 2.58 bits per heavy atom. The lowest BCUT2D eigenvalue weighted by Gasteiger charge is -2.27. The highest BCUT2D eigenvalue weighted by atomic mass is 16.2. The maximum absolute atomic E-state index is 12.1. The first kappa shape index (κ1) is 13.9. The molecule has 1 aliphatic rings. The number of carbonyl (C=O) groups excluding carboxylic acids is 1. The number of likely N-dealkylation sites (tertiary alicyclic amines) is 1. The average Bonchev–Trinajstić information content (AvgIpc) is 2.87. The lowest BCUT2D eigenvalue weighted by atomic mass is 9.80. The fourth-order valence-electron chi connectivity index (χ4n) is 2.54. The van der Waals surface area contributed by atoms with Gasteiger partial charge in [0.25, 0.3) is 0 Å². The Bertz CT molecular complexity index is 422. The summed E-state index contributed by atoms with van der Waals surface area (Å²) < 4.78 is 0. The molecule has 1 heterocycles. The minimum absolute atomic E-state index is 0.0654. The van der Waals surface area contributed by atoms with Crippen LogP contribution in [-0.4, -0.2) is 24.0 Å². The Hall–Kier alpha value is -1.51. The molecule has 104 valence electrons. The van der Waals surface area contributed by atoms with Crippen LogP contribution in [0.5, 0.6) is 0 Å². The van der Waals surface area contributed by atoms with E-state index in [0.29, 0.717) is 12.5 Å². The number of hydrogen-bond acceptors (Lipinski definition) is 1. The van der Waals surface area contributed by atoms with Gasteiger partial charge < -0.3 is 10.2 Å². The van der Waals surface area contributed by atoms with Crippen LogP contribution < -0.4 is 5.32 Å². The highest BCUT2D eigenvalue weighted by Crippen LogP contribution is 2.33. The predicted octanol–water partition coefficient (Wildman–Crippen LogP) is 3.26. The lowest BCUT2D eigenvalue weighted by molar-refractivity contribution is 0.196. The number of hydrogen-bond donors (Lipinski definition) is 1. The fourth-order valence-corrected chi connectivity index (χ4v) is 2.54. The number of nitrogens with one attached hydrogen (secondary N) is 1. The van der Waals surface area contributed by atoms with Gasteiger partial charge in [0.1, 0.15) is 0 Å². The minimum atomic E-state index is 0.0654. The van der Waals surface area contributed by atoms with Crippen molar-refractivity contribution in [3.63, 3.8) is 0 Å². The molecule has 1 unspecified atom stereocenters. The first-order valence-corrected chi connectivity index (χ1v) is 7.03. The topological polar surface area (TPSA) is 32.3 Å². The van der Waals surface area contributed by atoms with Gasteiger partial charge in [-0.25, -0.2) is 4.79 Å². The smallest absolute Gasteiger partial charge is 0.317 e. The molecule has 1 saturated heterocycles. The zero-order chi connectivity index (χ0) is 13.9. The molecule has 1 aromatic carbocycles. The van der Waals surface area contributed by atoms with Crippen molar-refractivity contribution in [2.75, 3.05) is 13.1 Å². The number of amides is 2. The molecular weight excluding hydrogens is 236 g/mol. The van der Waals surface area contributed by atoms with E-state index in [2.05, 4.69) is 26.1 Å². The number of urea groups is 1. The van der Waals surface area contributed by atoms with Gasteiger partial charge >= 0.3 is 6.03 Å². The summed E-state index contributed by atoms with van der Waals surface area (Å²) in [7, 11) is 0. The van der Waals surface area contributed by atoms with Crippen LogP contribution in [0.25, 0.3) is 0 Å². The molecule has 1 N–H and O–H groups in total. The van der Waals surface area contributed by atoms with Crippen LogP contribution >= 0.6 is 0 Å². The Morgan fingerprint density at radius 1 is 1.32 bits per heavy atom. The third-order valence-corrected chi connectivity index (χ3v) is 3.99. The lowest BCUT2D eigenvalue weighted by Crippen LogP contribution is -2.38. The molecule has 1 atom stereocenters. The normalized spacial score (nSPS) is 19.5. The Labute approximate surface area is 116 Å². The Balaban J connectivity index is 1.82. The third kappa shape index (κ3) is 3.72. The fraction of sp³-hybridized carbons (Fsp3) is 0.562. The molecule has 3 heteroatoms. The molecular formula is C16H24N2O. The molecule has 2 rings (SSSR count). The van der Waals surface area contributed by atoms with Gasteiger partial charge in [-0.3, -0.25) is 0 Å². The predicted molar refractivity (Wildman–Crippen MR) is 77.8 cm³/mol. The summed E-state index contributed by atoms with van der Waals surface area (Å²) in [6.07, 6.45) is 1.11. The Morgan fingerprint density at radius 2 is 2.00 bits per heavy atom.